The molecule has 1 saturated heterocycles. The predicted octanol–water partition coefficient (Wildman–Crippen LogP) is 11.3. The van der Waals surface area contributed by atoms with Crippen LogP contribution in [-0.4, -0.2) is 89.6 Å². The minimum atomic E-state index is -1.54. The van der Waals surface area contributed by atoms with Crippen molar-refractivity contribution in [1.82, 2.24) is 0 Å². The van der Waals surface area contributed by atoms with Crippen LogP contribution in [0.5, 0.6) is 0 Å². The van der Waals surface area contributed by atoms with Gasteiger partial charge >= 0.3 is 5.97 Å². The average Bonchev–Trinajstić information content (AvgIpc) is 3.25. The quantitative estimate of drug-likeness (QED) is 0.0270. The third kappa shape index (κ3) is 32.4. The van der Waals surface area contributed by atoms with E-state index in [9.17, 15) is 25.2 Å². The maximum Gasteiger partial charge on any atom is 0.306 e. The molecule has 4 N–H and O–H groups in total. The van der Waals surface area contributed by atoms with Gasteiger partial charge in [0.15, 0.2) is 6.29 Å². The van der Waals surface area contributed by atoms with Gasteiger partial charge in [0.05, 0.1) is 19.8 Å². The second kappa shape index (κ2) is 42.0. The highest BCUT2D eigenvalue weighted by atomic mass is 16.7. The van der Waals surface area contributed by atoms with Crippen molar-refractivity contribution in [2.45, 2.75) is 218 Å². The van der Waals surface area contributed by atoms with E-state index in [0.29, 0.717) is 13.0 Å². The Bertz CT molecular complexity index is 1140. The summed E-state index contributed by atoms with van der Waals surface area (Å²) in [5, 5.41) is 40.2. The van der Waals surface area contributed by atoms with Crippen LogP contribution in [0.3, 0.4) is 0 Å². The summed E-state index contributed by atoms with van der Waals surface area (Å²) in [5.41, 5.74) is 0. The summed E-state index contributed by atoms with van der Waals surface area (Å²) in [5.74, 6) is -0.332. The van der Waals surface area contributed by atoms with E-state index in [-0.39, 0.29) is 19.2 Å². The van der Waals surface area contributed by atoms with Gasteiger partial charge in [0.25, 0.3) is 0 Å². The molecule has 0 aromatic heterocycles. The molecule has 0 aromatic carbocycles. The van der Waals surface area contributed by atoms with Crippen LogP contribution < -0.4 is 0 Å². The molecule has 9 nitrogen and oxygen atoms in total. The summed E-state index contributed by atoms with van der Waals surface area (Å²) in [7, 11) is 0. The van der Waals surface area contributed by atoms with Crippen molar-refractivity contribution >= 4 is 5.97 Å². The van der Waals surface area contributed by atoms with E-state index in [1.165, 1.54) is 64.2 Å². The Morgan fingerprint density at radius 3 is 1.53 bits per heavy atom. The highest BCUT2D eigenvalue weighted by molar-refractivity contribution is 5.69. The topological polar surface area (TPSA) is 135 Å². The van der Waals surface area contributed by atoms with Gasteiger partial charge in [-0.25, -0.2) is 0 Å². The molecule has 1 aliphatic rings. The molecule has 0 aromatic rings. The Balaban J connectivity index is 2.24. The Morgan fingerprint density at radius 2 is 1.02 bits per heavy atom. The monoisotopic (exact) mass is 845 g/mol. The fourth-order valence-electron chi connectivity index (χ4n) is 6.87. The van der Waals surface area contributed by atoms with Crippen molar-refractivity contribution < 1.29 is 44.2 Å². The number of rotatable bonds is 40. The zero-order valence-electron chi connectivity index (χ0n) is 37.9. The van der Waals surface area contributed by atoms with E-state index >= 15 is 0 Å². The van der Waals surface area contributed by atoms with E-state index in [1.807, 2.05) is 0 Å². The maximum atomic E-state index is 12.8. The van der Waals surface area contributed by atoms with Gasteiger partial charge in [-0.3, -0.25) is 4.79 Å². The summed E-state index contributed by atoms with van der Waals surface area (Å²) in [6.45, 7) is 4.38. The van der Waals surface area contributed by atoms with Crippen LogP contribution in [0.25, 0.3) is 0 Å². The molecule has 6 atom stereocenters. The fraction of sp³-hybridized carbons (Fsp3) is 0.745. The van der Waals surface area contributed by atoms with Gasteiger partial charge in [-0.05, 0) is 83.5 Å². The molecular formula is C51H88O9. The normalized spacial score (nSPS) is 20.7. The number of esters is 1. The van der Waals surface area contributed by atoms with Crippen molar-refractivity contribution in [3.05, 3.63) is 72.9 Å². The SMILES string of the molecule is CC/C=C\C/C=C\C/C=C\C/C=C\CCCCCCCCCCCOCC(COC1OC(CO)C(O)C(O)C1O)OC(=O)CCCCCCC/C=C\C/C=C\CCCCC. The molecule has 0 saturated carbocycles. The van der Waals surface area contributed by atoms with Gasteiger partial charge < -0.3 is 39.4 Å². The van der Waals surface area contributed by atoms with Crippen LogP contribution in [0.2, 0.25) is 0 Å². The van der Waals surface area contributed by atoms with Crippen LogP contribution in [-0.2, 0) is 23.7 Å². The van der Waals surface area contributed by atoms with Crippen molar-refractivity contribution in [1.29, 1.82) is 0 Å². The number of allylic oxidation sites excluding steroid dienone is 12. The van der Waals surface area contributed by atoms with Gasteiger partial charge in [0, 0.05) is 13.0 Å². The molecule has 1 heterocycles. The number of hydrogen-bond acceptors (Lipinski definition) is 9. The Morgan fingerprint density at radius 1 is 0.550 bits per heavy atom. The average molecular weight is 845 g/mol. The lowest BCUT2D eigenvalue weighted by Crippen LogP contribution is -2.59. The van der Waals surface area contributed by atoms with E-state index in [1.54, 1.807) is 0 Å². The van der Waals surface area contributed by atoms with Gasteiger partial charge in [0.2, 0.25) is 0 Å². The Labute approximate surface area is 366 Å². The lowest BCUT2D eigenvalue weighted by molar-refractivity contribution is -0.305. The first kappa shape index (κ1) is 55.6. The van der Waals surface area contributed by atoms with E-state index in [2.05, 4.69) is 86.8 Å². The number of hydrogen-bond donors (Lipinski definition) is 4. The molecule has 346 valence electrons. The molecule has 0 aliphatic carbocycles. The third-order valence-corrected chi connectivity index (χ3v) is 10.6. The highest BCUT2D eigenvalue weighted by Crippen LogP contribution is 2.22. The smallest absolute Gasteiger partial charge is 0.306 e. The number of carbonyl (C=O) groups excluding carboxylic acids is 1. The number of aliphatic hydroxyl groups excluding tert-OH is 4. The first-order valence-electron chi connectivity index (χ1n) is 24.0. The molecule has 0 amide bonds. The van der Waals surface area contributed by atoms with Crippen LogP contribution >= 0.6 is 0 Å². The minimum Gasteiger partial charge on any atom is -0.457 e. The number of ether oxygens (including phenoxy) is 4. The lowest BCUT2D eigenvalue weighted by atomic mass is 9.99. The van der Waals surface area contributed by atoms with Crippen molar-refractivity contribution in [3.8, 4) is 0 Å². The number of aliphatic hydroxyl groups is 4. The third-order valence-electron chi connectivity index (χ3n) is 10.6. The largest absolute Gasteiger partial charge is 0.457 e. The van der Waals surface area contributed by atoms with Crippen LogP contribution in [0.15, 0.2) is 72.9 Å². The standard InChI is InChI=1S/C51H88O9/c1-3-5-7-9-11-13-15-17-19-20-21-22-23-24-25-27-29-31-33-35-37-39-41-57-43-45(44-58-51-50(56)49(55)48(54)46(42-52)60-51)59-47(53)40-38-36-34-32-30-28-26-18-16-14-12-10-8-6-4-2/h5,7,11-14,17-19,21-22,26,45-46,48-52,54-56H,3-4,6,8-10,15-16,20,23-25,27-44H2,1-2H3/b7-5-,13-11-,14-12-,19-17-,22-21-,26-18-. The maximum absolute atomic E-state index is 12.8. The molecular weight excluding hydrogens is 757 g/mol. The summed E-state index contributed by atoms with van der Waals surface area (Å²) in [6, 6.07) is 0. The van der Waals surface area contributed by atoms with Crippen LogP contribution in [0.1, 0.15) is 181 Å². The van der Waals surface area contributed by atoms with Crippen molar-refractivity contribution in [3.63, 3.8) is 0 Å². The summed E-state index contributed by atoms with van der Waals surface area (Å²) < 4.78 is 22.8. The first-order valence-corrected chi connectivity index (χ1v) is 24.0. The van der Waals surface area contributed by atoms with Gasteiger partial charge in [-0.2, -0.15) is 0 Å². The second-order valence-electron chi connectivity index (χ2n) is 16.2. The van der Waals surface area contributed by atoms with Crippen LogP contribution in [0, 0.1) is 0 Å². The molecule has 0 spiro atoms. The fourth-order valence-corrected chi connectivity index (χ4v) is 6.87. The number of unbranched alkanes of at least 4 members (excludes halogenated alkanes) is 17. The summed E-state index contributed by atoms with van der Waals surface area (Å²) in [6.07, 6.45) is 47.8. The number of carbonyl (C=O) groups is 1. The van der Waals surface area contributed by atoms with E-state index in [4.69, 9.17) is 18.9 Å². The van der Waals surface area contributed by atoms with Gasteiger partial charge in [0.1, 0.15) is 30.5 Å². The van der Waals surface area contributed by atoms with Crippen LogP contribution in [0.4, 0.5) is 0 Å². The Kier molecular flexibility index (Phi) is 38.9. The summed E-state index contributed by atoms with van der Waals surface area (Å²) in [4.78, 5) is 12.8. The van der Waals surface area contributed by atoms with Crippen molar-refractivity contribution in [2.75, 3.05) is 26.4 Å². The molecule has 0 radical (unpaired) electrons. The molecule has 1 rings (SSSR count). The molecule has 1 aliphatic heterocycles. The lowest BCUT2D eigenvalue weighted by Gasteiger charge is -2.39. The highest BCUT2D eigenvalue weighted by Gasteiger charge is 2.44. The van der Waals surface area contributed by atoms with E-state index < -0.39 is 43.4 Å². The molecule has 1 fully saturated rings. The predicted molar refractivity (Wildman–Crippen MR) is 247 cm³/mol. The Hall–Kier alpha value is -2.37. The second-order valence-corrected chi connectivity index (χ2v) is 16.2. The summed E-state index contributed by atoms with van der Waals surface area (Å²) >= 11 is 0. The van der Waals surface area contributed by atoms with Gasteiger partial charge in [-0.15, -0.1) is 0 Å². The zero-order valence-corrected chi connectivity index (χ0v) is 37.9. The molecule has 0 bridgehead atoms. The molecule has 6 unspecified atom stereocenters. The van der Waals surface area contributed by atoms with Gasteiger partial charge in [-0.1, -0.05) is 164 Å². The molecule has 60 heavy (non-hydrogen) atoms. The zero-order chi connectivity index (χ0) is 43.6. The molecule has 9 heteroatoms. The first-order chi connectivity index (χ1) is 29.4. The van der Waals surface area contributed by atoms with E-state index in [0.717, 1.165) is 96.3 Å². The minimum absolute atomic E-state index is 0.125. The van der Waals surface area contributed by atoms with Crippen molar-refractivity contribution in [2.24, 2.45) is 0 Å².